The van der Waals surface area contributed by atoms with Gasteiger partial charge in [-0.3, -0.25) is 4.79 Å². The fourth-order valence-corrected chi connectivity index (χ4v) is 4.42. The molecule has 1 fully saturated rings. The van der Waals surface area contributed by atoms with Crippen LogP contribution in [0.1, 0.15) is 41.7 Å². The minimum absolute atomic E-state index is 0.0602. The molecule has 0 bridgehead atoms. The summed E-state index contributed by atoms with van der Waals surface area (Å²) in [5.41, 5.74) is 2.16. The van der Waals surface area contributed by atoms with Crippen molar-refractivity contribution in [2.45, 2.75) is 50.9 Å². The number of halogens is 1. The van der Waals surface area contributed by atoms with Crippen molar-refractivity contribution in [3.05, 3.63) is 53.6 Å². The quantitative estimate of drug-likeness (QED) is 0.605. The van der Waals surface area contributed by atoms with E-state index in [1.54, 1.807) is 12.3 Å². The van der Waals surface area contributed by atoms with Gasteiger partial charge < -0.3 is 20.5 Å². The summed E-state index contributed by atoms with van der Waals surface area (Å²) in [5.74, 6) is 0.394. The van der Waals surface area contributed by atoms with Crippen molar-refractivity contribution in [1.29, 1.82) is 0 Å². The van der Waals surface area contributed by atoms with Gasteiger partial charge in [-0.15, -0.1) is 0 Å². The second-order valence-corrected chi connectivity index (χ2v) is 8.07. The van der Waals surface area contributed by atoms with Crippen molar-refractivity contribution < 1.29 is 9.18 Å². The zero-order valence-electron chi connectivity index (χ0n) is 16.7. The van der Waals surface area contributed by atoms with Crippen molar-refractivity contribution in [3.63, 3.8) is 0 Å². The van der Waals surface area contributed by atoms with E-state index in [0.29, 0.717) is 42.4 Å². The number of nitrogens with one attached hydrogen (secondary N) is 3. The number of benzene rings is 1. The van der Waals surface area contributed by atoms with Crippen LogP contribution >= 0.6 is 0 Å². The topological polar surface area (TPSA) is 83.9 Å². The van der Waals surface area contributed by atoms with E-state index in [9.17, 15) is 9.18 Å². The fraction of sp³-hybridized carbons (Fsp3) is 0.409. The van der Waals surface area contributed by atoms with Crippen LogP contribution in [-0.2, 0) is 13.1 Å². The molecule has 0 unspecified atom stereocenters. The van der Waals surface area contributed by atoms with Crippen LogP contribution in [0.3, 0.4) is 0 Å². The SMILES string of the molecule is O=C1NCCn2c1cc1cnc(NC3CCC(NCc4ccccc4F)CC3)nc12. The minimum atomic E-state index is -0.155. The van der Waals surface area contributed by atoms with Gasteiger partial charge in [0.05, 0.1) is 0 Å². The summed E-state index contributed by atoms with van der Waals surface area (Å²) in [6, 6.07) is 9.46. The van der Waals surface area contributed by atoms with Crippen LogP contribution in [0.25, 0.3) is 11.0 Å². The number of amides is 1. The highest BCUT2D eigenvalue weighted by molar-refractivity contribution is 5.98. The Balaban J connectivity index is 1.19. The van der Waals surface area contributed by atoms with E-state index in [1.165, 1.54) is 6.07 Å². The fourth-order valence-electron chi connectivity index (χ4n) is 4.42. The first-order chi connectivity index (χ1) is 14.7. The molecule has 8 heteroatoms. The van der Waals surface area contributed by atoms with Crippen LogP contribution in [-0.4, -0.2) is 39.1 Å². The highest BCUT2D eigenvalue weighted by Crippen LogP contribution is 2.24. The number of fused-ring (bicyclic) bond motifs is 3. The molecule has 1 aromatic carbocycles. The Kier molecular flexibility index (Phi) is 5.08. The lowest BCUT2D eigenvalue weighted by molar-refractivity contribution is 0.0929. The van der Waals surface area contributed by atoms with Crippen LogP contribution in [0.4, 0.5) is 10.3 Å². The second kappa shape index (κ2) is 8.02. The van der Waals surface area contributed by atoms with Gasteiger partial charge in [-0.2, -0.15) is 4.98 Å². The molecule has 30 heavy (non-hydrogen) atoms. The Morgan fingerprint density at radius 3 is 2.80 bits per heavy atom. The monoisotopic (exact) mass is 408 g/mol. The van der Waals surface area contributed by atoms with Gasteiger partial charge in [-0.05, 0) is 37.8 Å². The van der Waals surface area contributed by atoms with Crippen LogP contribution in [0.15, 0.2) is 36.5 Å². The molecule has 7 nitrogen and oxygen atoms in total. The number of aromatic nitrogens is 3. The summed E-state index contributed by atoms with van der Waals surface area (Å²) in [6.45, 7) is 1.90. The number of rotatable bonds is 5. The van der Waals surface area contributed by atoms with E-state index in [2.05, 4.69) is 25.9 Å². The first kappa shape index (κ1) is 19.0. The maximum Gasteiger partial charge on any atom is 0.268 e. The Labute approximate surface area is 174 Å². The van der Waals surface area contributed by atoms with Crippen LogP contribution in [0.5, 0.6) is 0 Å². The van der Waals surface area contributed by atoms with Crippen molar-refractivity contribution in [2.75, 3.05) is 11.9 Å². The summed E-state index contributed by atoms with van der Waals surface area (Å²) < 4.78 is 15.7. The molecule has 0 radical (unpaired) electrons. The lowest BCUT2D eigenvalue weighted by atomic mass is 9.91. The van der Waals surface area contributed by atoms with E-state index in [1.807, 2.05) is 22.8 Å². The lowest BCUT2D eigenvalue weighted by Gasteiger charge is -2.30. The van der Waals surface area contributed by atoms with E-state index in [4.69, 9.17) is 0 Å². The maximum atomic E-state index is 13.8. The molecule has 3 N–H and O–H groups in total. The third kappa shape index (κ3) is 3.75. The van der Waals surface area contributed by atoms with Gasteiger partial charge in [0.2, 0.25) is 5.95 Å². The van der Waals surface area contributed by atoms with E-state index < -0.39 is 0 Å². The molecule has 5 rings (SSSR count). The maximum absolute atomic E-state index is 13.8. The highest BCUT2D eigenvalue weighted by Gasteiger charge is 2.23. The molecule has 1 amide bonds. The number of hydrogen-bond acceptors (Lipinski definition) is 5. The van der Waals surface area contributed by atoms with Crippen LogP contribution < -0.4 is 16.0 Å². The molecule has 0 atom stereocenters. The minimum Gasteiger partial charge on any atom is -0.351 e. The number of anilines is 1. The van der Waals surface area contributed by atoms with Gasteiger partial charge in [0.25, 0.3) is 5.91 Å². The summed E-state index contributed by atoms with van der Waals surface area (Å²) in [5, 5.41) is 10.7. The zero-order chi connectivity index (χ0) is 20.5. The third-order valence-electron chi connectivity index (χ3n) is 6.09. The molecular weight excluding hydrogens is 383 g/mol. The number of hydrogen-bond donors (Lipinski definition) is 3. The Morgan fingerprint density at radius 1 is 1.17 bits per heavy atom. The van der Waals surface area contributed by atoms with Crippen molar-refractivity contribution in [3.8, 4) is 0 Å². The lowest BCUT2D eigenvalue weighted by Crippen LogP contribution is -2.37. The molecular formula is C22H25FN6O. The summed E-state index contributed by atoms with van der Waals surface area (Å²) >= 11 is 0. The number of carbonyl (C=O) groups excluding carboxylic acids is 1. The molecule has 0 spiro atoms. The molecule has 3 heterocycles. The van der Waals surface area contributed by atoms with Gasteiger partial charge in [-0.25, -0.2) is 9.37 Å². The second-order valence-electron chi connectivity index (χ2n) is 8.07. The average molecular weight is 408 g/mol. The standard InChI is InChI=1S/C22H25FN6O/c23-18-4-2-1-3-14(18)12-25-16-5-7-17(8-6-16)27-22-26-13-15-11-19-21(30)24-9-10-29(19)20(15)28-22/h1-4,11,13,16-17,25H,5-10,12H2,(H,24,30)(H,26,27,28). The van der Waals surface area contributed by atoms with E-state index in [-0.39, 0.29) is 11.7 Å². The van der Waals surface area contributed by atoms with Crippen molar-refractivity contribution in [2.24, 2.45) is 0 Å². The van der Waals surface area contributed by atoms with Crippen LogP contribution in [0, 0.1) is 5.82 Å². The number of nitrogens with zero attached hydrogens (tertiary/aromatic N) is 3. The van der Waals surface area contributed by atoms with Gasteiger partial charge in [0.1, 0.15) is 17.2 Å². The molecule has 156 valence electrons. The Hall–Kier alpha value is -3.00. The molecule has 2 aromatic heterocycles. The largest absolute Gasteiger partial charge is 0.351 e. The van der Waals surface area contributed by atoms with Gasteiger partial charge in [-0.1, -0.05) is 18.2 Å². The predicted octanol–water partition coefficient (Wildman–Crippen LogP) is 2.83. The van der Waals surface area contributed by atoms with Crippen LogP contribution in [0.2, 0.25) is 0 Å². The Bertz CT molecular complexity index is 1070. The van der Waals surface area contributed by atoms with Crippen molar-refractivity contribution in [1.82, 2.24) is 25.2 Å². The Morgan fingerprint density at radius 2 is 1.97 bits per heavy atom. The normalized spacial score (nSPS) is 21.3. The summed E-state index contributed by atoms with van der Waals surface area (Å²) in [6.07, 6.45) is 5.84. The van der Waals surface area contributed by atoms with Crippen molar-refractivity contribution >= 4 is 22.9 Å². The molecule has 1 saturated carbocycles. The zero-order valence-corrected chi connectivity index (χ0v) is 16.7. The average Bonchev–Trinajstić information content (AvgIpc) is 3.14. The van der Waals surface area contributed by atoms with Gasteiger partial charge >= 0.3 is 0 Å². The number of carbonyl (C=O) groups is 1. The van der Waals surface area contributed by atoms with E-state index >= 15 is 0 Å². The molecule has 0 saturated heterocycles. The summed E-state index contributed by atoms with van der Waals surface area (Å²) in [7, 11) is 0. The van der Waals surface area contributed by atoms with Gasteiger partial charge in [0, 0.05) is 48.9 Å². The van der Waals surface area contributed by atoms with Gasteiger partial charge in [0.15, 0.2) is 0 Å². The molecule has 3 aromatic rings. The molecule has 1 aliphatic carbocycles. The first-order valence-corrected chi connectivity index (χ1v) is 10.5. The highest BCUT2D eigenvalue weighted by atomic mass is 19.1. The smallest absolute Gasteiger partial charge is 0.268 e. The third-order valence-corrected chi connectivity index (χ3v) is 6.09. The molecule has 2 aliphatic rings. The van der Waals surface area contributed by atoms with E-state index in [0.717, 1.165) is 43.3 Å². The predicted molar refractivity (Wildman–Crippen MR) is 113 cm³/mol. The molecule has 1 aliphatic heterocycles. The summed E-state index contributed by atoms with van der Waals surface area (Å²) in [4.78, 5) is 21.2. The first-order valence-electron chi connectivity index (χ1n) is 10.5.